The second-order valence-corrected chi connectivity index (χ2v) is 7.52. The average Bonchev–Trinajstić information content (AvgIpc) is 3.36. The third kappa shape index (κ3) is 4.17. The minimum absolute atomic E-state index is 0.122. The summed E-state index contributed by atoms with van der Waals surface area (Å²) >= 11 is 0. The van der Waals surface area contributed by atoms with Crippen molar-refractivity contribution in [2.45, 2.75) is 39.5 Å². The zero-order valence-corrected chi connectivity index (χ0v) is 17.3. The fraction of sp³-hybridized carbons (Fsp3) is 0.364. The van der Waals surface area contributed by atoms with Gasteiger partial charge in [0.05, 0.1) is 11.9 Å². The van der Waals surface area contributed by atoms with Crippen molar-refractivity contribution in [3.63, 3.8) is 0 Å². The zero-order chi connectivity index (χ0) is 21.3. The lowest BCUT2D eigenvalue weighted by molar-refractivity contribution is 0.0756. The van der Waals surface area contributed by atoms with E-state index in [-0.39, 0.29) is 17.6 Å². The Bertz CT molecular complexity index is 1060. The second-order valence-electron chi connectivity index (χ2n) is 7.52. The molecule has 0 saturated carbocycles. The molecular formula is C22H24FN5O2. The molecule has 3 aromatic rings. The van der Waals surface area contributed by atoms with Gasteiger partial charge < -0.3 is 14.6 Å². The van der Waals surface area contributed by atoms with E-state index in [0.29, 0.717) is 42.7 Å². The molecule has 0 unspecified atom stereocenters. The molecule has 0 spiro atoms. The number of oxazole rings is 1. The summed E-state index contributed by atoms with van der Waals surface area (Å²) in [7, 11) is 0. The van der Waals surface area contributed by atoms with E-state index < -0.39 is 0 Å². The van der Waals surface area contributed by atoms with Crippen molar-refractivity contribution in [3.05, 3.63) is 65.0 Å². The molecule has 7 nitrogen and oxygen atoms in total. The van der Waals surface area contributed by atoms with Crippen LogP contribution in [0.2, 0.25) is 0 Å². The molecule has 0 aliphatic carbocycles. The van der Waals surface area contributed by atoms with E-state index in [1.807, 2.05) is 26.0 Å². The van der Waals surface area contributed by atoms with Gasteiger partial charge in [-0.05, 0) is 44.5 Å². The van der Waals surface area contributed by atoms with Crippen molar-refractivity contribution >= 4 is 17.4 Å². The lowest BCUT2D eigenvalue weighted by Crippen LogP contribution is -2.28. The van der Waals surface area contributed by atoms with Crippen molar-refractivity contribution in [1.82, 2.24) is 19.9 Å². The van der Waals surface area contributed by atoms with Crippen LogP contribution >= 0.6 is 0 Å². The first-order valence-electron chi connectivity index (χ1n) is 10.1. The fourth-order valence-electron chi connectivity index (χ4n) is 3.70. The lowest BCUT2D eigenvalue weighted by Gasteiger charge is -2.16. The first-order chi connectivity index (χ1) is 14.4. The number of aryl methyl sites for hydroxylation is 3. The third-order valence-electron chi connectivity index (χ3n) is 5.20. The van der Waals surface area contributed by atoms with Gasteiger partial charge in [-0.2, -0.15) is 0 Å². The maximum atomic E-state index is 13.1. The van der Waals surface area contributed by atoms with E-state index in [1.165, 1.54) is 12.3 Å². The SMILES string of the molecule is CCc1nc(C)c(C(=O)N2CC[C@H](c3cc(Nc4ccc(F)cn4)cc(C)n3)C2)o1. The number of halogens is 1. The van der Waals surface area contributed by atoms with Crippen LogP contribution in [0, 0.1) is 19.7 Å². The number of likely N-dealkylation sites (tertiary alicyclic amines) is 1. The second kappa shape index (κ2) is 8.22. The molecule has 0 bridgehead atoms. The van der Waals surface area contributed by atoms with Crippen LogP contribution in [0.4, 0.5) is 15.9 Å². The average molecular weight is 409 g/mol. The van der Waals surface area contributed by atoms with Crippen molar-refractivity contribution in [3.8, 4) is 0 Å². The topological polar surface area (TPSA) is 84.2 Å². The summed E-state index contributed by atoms with van der Waals surface area (Å²) in [6, 6.07) is 6.83. The molecule has 0 radical (unpaired) electrons. The third-order valence-corrected chi connectivity index (χ3v) is 5.20. The zero-order valence-electron chi connectivity index (χ0n) is 17.3. The van der Waals surface area contributed by atoms with Crippen LogP contribution in [-0.2, 0) is 6.42 Å². The Hall–Kier alpha value is -3.29. The van der Waals surface area contributed by atoms with Crippen LogP contribution in [-0.4, -0.2) is 38.8 Å². The summed E-state index contributed by atoms with van der Waals surface area (Å²) in [6.45, 7) is 6.89. The first kappa shape index (κ1) is 20.0. The quantitative estimate of drug-likeness (QED) is 0.681. The van der Waals surface area contributed by atoms with Gasteiger partial charge >= 0.3 is 0 Å². The Kier molecular flexibility index (Phi) is 5.48. The molecule has 1 amide bonds. The maximum Gasteiger partial charge on any atom is 0.291 e. The highest BCUT2D eigenvalue weighted by Crippen LogP contribution is 2.30. The molecule has 3 aromatic heterocycles. The van der Waals surface area contributed by atoms with Crippen molar-refractivity contribution < 1.29 is 13.6 Å². The highest BCUT2D eigenvalue weighted by atomic mass is 19.1. The number of carbonyl (C=O) groups excluding carboxylic acids is 1. The monoisotopic (exact) mass is 409 g/mol. The van der Waals surface area contributed by atoms with Gasteiger partial charge in [0, 0.05) is 42.5 Å². The molecule has 1 aliphatic heterocycles. The van der Waals surface area contributed by atoms with Crippen molar-refractivity contribution in [2.24, 2.45) is 0 Å². The number of hydrogen-bond donors (Lipinski definition) is 1. The van der Waals surface area contributed by atoms with Crippen molar-refractivity contribution in [2.75, 3.05) is 18.4 Å². The maximum absolute atomic E-state index is 13.1. The number of carbonyl (C=O) groups is 1. The van der Waals surface area contributed by atoms with E-state index >= 15 is 0 Å². The molecule has 30 heavy (non-hydrogen) atoms. The highest BCUT2D eigenvalue weighted by Gasteiger charge is 2.31. The summed E-state index contributed by atoms with van der Waals surface area (Å²) in [5.41, 5.74) is 3.24. The minimum atomic E-state index is -0.379. The Morgan fingerprint density at radius 3 is 2.83 bits per heavy atom. The summed E-state index contributed by atoms with van der Waals surface area (Å²) in [5, 5.41) is 3.19. The van der Waals surface area contributed by atoms with Gasteiger partial charge in [-0.1, -0.05) is 6.92 Å². The van der Waals surface area contributed by atoms with E-state index in [2.05, 4.69) is 20.3 Å². The Balaban J connectivity index is 1.49. The highest BCUT2D eigenvalue weighted by molar-refractivity contribution is 5.92. The van der Waals surface area contributed by atoms with Gasteiger partial charge in [-0.15, -0.1) is 0 Å². The molecule has 0 aromatic carbocycles. The van der Waals surface area contributed by atoms with Gasteiger partial charge in [0.1, 0.15) is 11.6 Å². The molecule has 4 heterocycles. The molecule has 156 valence electrons. The fourth-order valence-corrected chi connectivity index (χ4v) is 3.70. The Morgan fingerprint density at radius 1 is 1.30 bits per heavy atom. The van der Waals surface area contributed by atoms with Gasteiger partial charge in [0.15, 0.2) is 5.89 Å². The number of nitrogens with zero attached hydrogens (tertiary/aromatic N) is 4. The van der Waals surface area contributed by atoms with Crippen LogP contribution in [0.1, 0.15) is 52.8 Å². The number of anilines is 2. The van der Waals surface area contributed by atoms with E-state index in [9.17, 15) is 9.18 Å². The van der Waals surface area contributed by atoms with Crippen LogP contribution < -0.4 is 5.32 Å². The smallest absolute Gasteiger partial charge is 0.291 e. The number of rotatable bonds is 5. The molecule has 1 N–H and O–H groups in total. The number of hydrogen-bond acceptors (Lipinski definition) is 6. The van der Waals surface area contributed by atoms with Gasteiger partial charge in [0.2, 0.25) is 5.76 Å². The lowest BCUT2D eigenvalue weighted by atomic mass is 10.0. The largest absolute Gasteiger partial charge is 0.435 e. The van der Waals surface area contributed by atoms with Crippen LogP contribution in [0.3, 0.4) is 0 Å². The molecule has 1 aliphatic rings. The van der Waals surface area contributed by atoms with Gasteiger partial charge in [-0.3, -0.25) is 9.78 Å². The molecular weight excluding hydrogens is 385 g/mol. The van der Waals surface area contributed by atoms with Gasteiger partial charge in [-0.25, -0.2) is 14.4 Å². The molecule has 8 heteroatoms. The van der Waals surface area contributed by atoms with Crippen LogP contribution in [0.25, 0.3) is 0 Å². The van der Waals surface area contributed by atoms with Crippen molar-refractivity contribution in [1.29, 1.82) is 0 Å². The summed E-state index contributed by atoms with van der Waals surface area (Å²) in [6.07, 6.45) is 2.65. The van der Waals surface area contributed by atoms with E-state index in [4.69, 9.17) is 4.42 Å². The number of aromatic nitrogens is 3. The first-order valence-corrected chi connectivity index (χ1v) is 10.1. The van der Waals surface area contributed by atoms with E-state index in [1.54, 1.807) is 17.9 Å². The molecule has 1 atom stereocenters. The Morgan fingerprint density at radius 2 is 2.13 bits per heavy atom. The number of pyridine rings is 2. The summed E-state index contributed by atoms with van der Waals surface area (Å²) < 4.78 is 18.7. The predicted octanol–water partition coefficient (Wildman–Crippen LogP) is 4.16. The molecule has 4 rings (SSSR count). The summed E-state index contributed by atoms with van der Waals surface area (Å²) in [4.78, 5) is 27.7. The molecule has 1 fully saturated rings. The predicted molar refractivity (Wildman–Crippen MR) is 110 cm³/mol. The number of amides is 1. The normalized spacial score (nSPS) is 16.1. The minimum Gasteiger partial charge on any atom is -0.435 e. The number of nitrogens with one attached hydrogen (secondary N) is 1. The van der Waals surface area contributed by atoms with Crippen LogP contribution in [0.15, 0.2) is 34.9 Å². The van der Waals surface area contributed by atoms with Crippen LogP contribution in [0.5, 0.6) is 0 Å². The standard InChI is InChI=1S/C22H24FN5O2/c1-4-20-26-14(3)21(30-20)22(29)28-8-7-15(12-28)18-10-17(9-13(2)25-18)27-19-6-5-16(23)11-24-19/h5-6,9-11,15H,4,7-8,12H2,1-3H3,(H,24,25,27)/t15-/m0/s1. The van der Waals surface area contributed by atoms with Gasteiger partial charge in [0.25, 0.3) is 5.91 Å². The summed E-state index contributed by atoms with van der Waals surface area (Å²) in [5.74, 6) is 1.10. The van der Waals surface area contributed by atoms with E-state index in [0.717, 1.165) is 23.5 Å². The Labute approximate surface area is 174 Å². The molecule has 1 saturated heterocycles.